The number of hydrogen-bond acceptors (Lipinski definition) is 6. The maximum Gasteiger partial charge on any atom is 0.282 e. The summed E-state index contributed by atoms with van der Waals surface area (Å²) in [5.74, 6) is -0.377. The van der Waals surface area contributed by atoms with Crippen LogP contribution < -0.4 is 16.0 Å². The zero-order chi connectivity index (χ0) is 14.3. The molecule has 0 aliphatic heterocycles. The van der Waals surface area contributed by atoms with Crippen molar-refractivity contribution in [1.82, 2.24) is 20.8 Å². The summed E-state index contributed by atoms with van der Waals surface area (Å²) in [6.07, 6.45) is 1.14. The van der Waals surface area contributed by atoms with Crippen molar-refractivity contribution >= 4 is 28.3 Å². The third-order valence-corrected chi connectivity index (χ3v) is 3.43. The summed E-state index contributed by atoms with van der Waals surface area (Å²) < 4.78 is 0. The molecule has 0 aliphatic rings. The van der Waals surface area contributed by atoms with Crippen LogP contribution in [-0.4, -0.2) is 41.6 Å². The summed E-state index contributed by atoms with van der Waals surface area (Å²) in [5.41, 5.74) is 0. The molecule has 3 N–H and O–H groups in total. The van der Waals surface area contributed by atoms with E-state index in [-0.39, 0.29) is 35.8 Å². The highest BCUT2D eigenvalue weighted by Gasteiger charge is 2.12. The van der Waals surface area contributed by atoms with E-state index in [0.717, 1.165) is 6.42 Å². The second-order valence-corrected chi connectivity index (χ2v) is 5.02. The van der Waals surface area contributed by atoms with E-state index >= 15 is 0 Å². The summed E-state index contributed by atoms with van der Waals surface area (Å²) in [6.45, 7) is 4.23. The molecule has 1 aromatic rings. The minimum Gasteiger partial charge on any atom is -0.363 e. The first kappa shape index (κ1) is 15.4. The van der Waals surface area contributed by atoms with E-state index in [2.05, 4.69) is 26.1 Å². The van der Waals surface area contributed by atoms with Gasteiger partial charge in [0.2, 0.25) is 16.0 Å². The van der Waals surface area contributed by atoms with E-state index < -0.39 is 0 Å². The highest BCUT2D eigenvalue weighted by molar-refractivity contribution is 7.17. The second-order valence-electron chi connectivity index (χ2n) is 4.05. The van der Waals surface area contributed by atoms with Crippen molar-refractivity contribution in [2.45, 2.75) is 32.7 Å². The first-order valence-corrected chi connectivity index (χ1v) is 6.97. The molecule has 0 bridgehead atoms. The Kier molecular flexibility index (Phi) is 6.20. The average Bonchev–Trinajstić information content (AvgIpc) is 2.87. The van der Waals surface area contributed by atoms with Crippen molar-refractivity contribution in [1.29, 1.82) is 0 Å². The van der Waals surface area contributed by atoms with E-state index in [9.17, 15) is 9.59 Å². The van der Waals surface area contributed by atoms with Crippen LogP contribution in [-0.2, 0) is 4.79 Å². The summed E-state index contributed by atoms with van der Waals surface area (Å²) in [7, 11) is 1.71. The number of carbonyl (C=O) groups excluding carboxylic acids is 2. The van der Waals surface area contributed by atoms with Gasteiger partial charge < -0.3 is 16.0 Å². The molecule has 1 rings (SSSR count). The van der Waals surface area contributed by atoms with Crippen LogP contribution in [0.1, 0.15) is 36.5 Å². The number of nitrogens with one attached hydrogen (secondary N) is 3. The van der Waals surface area contributed by atoms with Gasteiger partial charge in [-0.15, -0.1) is 10.2 Å². The van der Waals surface area contributed by atoms with Gasteiger partial charge in [0.25, 0.3) is 5.91 Å². The Balaban J connectivity index is 2.29. The van der Waals surface area contributed by atoms with Gasteiger partial charge in [0, 0.05) is 26.1 Å². The minimum atomic E-state index is -0.310. The van der Waals surface area contributed by atoms with E-state index in [1.807, 2.05) is 13.8 Å². The molecule has 0 spiro atoms. The number of nitrogens with zero attached hydrogens (tertiary/aromatic N) is 2. The Morgan fingerprint density at radius 2 is 2.11 bits per heavy atom. The van der Waals surface area contributed by atoms with Gasteiger partial charge in [0.15, 0.2) is 0 Å². The van der Waals surface area contributed by atoms with Crippen LogP contribution in [0.3, 0.4) is 0 Å². The predicted octanol–water partition coefficient (Wildman–Crippen LogP) is 0.614. The quantitative estimate of drug-likeness (QED) is 0.682. The number of rotatable bonds is 7. The highest BCUT2D eigenvalue weighted by Crippen LogP contribution is 2.13. The Morgan fingerprint density at radius 1 is 1.37 bits per heavy atom. The first-order chi connectivity index (χ1) is 9.06. The summed E-state index contributed by atoms with van der Waals surface area (Å²) >= 11 is 1.17. The van der Waals surface area contributed by atoms with Crippen LogP contribution in [0.2, 0.25) is 0 Å². The average molecular weight is 285 g/mol. The van der Waals surface area contributed by atoms with Gasteiger partial charge in [0.1, 0.15) is 0 Å². The fraction of sp³-hybridized carbons (Fsp3) is 0.636. The van der Waals surface area contributed by atoms with Gasteiger partial charge in [-0.2, -0.15) is 0 Å². The molecule has 7 nitrogen and oxygen atoms in total. The molecule has 0 aliphatic carbocycles. The molecule has 2 amide bonds. The maximum atomic E-state index is 11.7. The van der Waals surface area contributed by atoms with Crippen molar-refractivity contribution in [3.63, 3.8) is 0 Å². The molecule has 106 valence electrons. The summed E-state index contributed by atoms with van der Waals surface area (Å²) in [5, 5.41) is 16.6. The third kappa shape index (κ3) is 5.21. The molecule has 0 aromatic carbocycles. The lowest BCUT2D eigenvalue weighted by Crippen LogP contribution is -2.35. The van der Waals surface area contributed by atoms with Crippen LogP contribution in [0, 0.1) is 0 Å². The van der Waals surface area contributed by atoms with Gasteiger partial charge in [-0.3, -0.25) is 9.59 Å². The Labute approximate surface area is 116 Å². The van der Waals surface area contributed by atoms with Crippen molar-refractivity contribution in [2.24, 2.45) is 0 Å². The van der Waals surface area contributed by atoms with E-state index in [4.69, 9.17) is 0 Å². The van der Waals surface area contributed by atoms with Crippen LogP contribution in [0.4, 0.5) is 5.13 Å². The van der Waals surface area contributed by atoms with Crippen LogP contribution >= 0.6 is 11.3 Å². The molecular formula is C11H19N5O2S. The van der Waals surface area contributed by atoms with E-state index in [0.29, 0.717) is 5.13 Å². The molecule has 1 atom stereocenters. The molecule has 1 aromatic heterocycles. The van der Waals surface area contributed by atoms with E-state index in [1.165, 1.54) is 11.3 Å². The van der Waals surface area contributed by atoms with E-state index in [1.54, 1.807) is 7.05 Å². The van der Waals surface area contributed by atoms with Crippen molar-refractivity contribution in [3.05, 3.63) is 5.01 Å². The molecule has 8 heteroatoms. The lowest BCUT2D eigenvalue weighted by molar-refractivity contribution is -0.121. The standard InChI is InChI=1S/C11H19N5O2S/c1-4-7(2)14-8(17)5-6-13-9(18)10-15-16-11(12-3)19-10/h7H,4-6H2,1-3H3,(H,12,16)(H,13,18)(H,14,17). The molecule has 0 radical (unpaired) electrons. The van der Waals surface area contributed by atoms with Crippen molar-refractivity contribution in [2.75, 3.05) is 18.9 Å². The topological polar surface area (TPSA) is 96.0 Å². The zero-order valence-electron chi connectivity index (χ0n) is 11.3. The lowest BCUT2D eigenvalue weighted by atomic mass is 10.2. The first-order valence-electron chi connectivity index (χ1n) is 6.15. The summed E-state index contributed by atoms with van der Waals surface area (Å²) in [4.78, 5) is 23.2. The third-order valence-electron chi connectivity index (χ3n) is 2.49. The smallest absolute Gasteiger partial charge is 0.282 e. The van der Waals surface area contributed by atoms with Crippen LogP contribution in [0.15, 0.2) is 0 Å². The van der Waals surface area contributed by atoms with Gasteiger partial charge >= 0.3 is 0 Å². The second kappa shape index (κ2) is 7.67. The molecule has 0 fully saturated rings. The Bertz CT molecular complexity index is 434. The predicted molar refractivity (Wildman–Crippen MR) is 74.3 cm³/mol. The monoisotopic (exact) mass is 285 g/mol. The Hall–Kier alpha value is -1.70. The van der Waals surface area contributed by atoms with Gasteiger partial charge in [-0.1, -0.05) is 18.3 Å². The SMILES string of the molecule is CCC(C)NC(=O)CCNC(=O)c1nnc(NC)s1. The number of amides is 2. The fourth-order valence-corrected chi connectivity index (χ4v) is 1.84. The number of aromatic nitrogens is 2. The van der Waals surface area contributed by atoms with Crippen molar-refractivity contribution in [3.8, 4) is 0 Å². The largest absolute Gasteiger partial charge is 0.363 e. The lowest BCUT2D eigenvalue weighted by Gasteiger charge is -2.11. The molecule has 1 unspecified atom stereocenters. The van der Waals surface area contributed by atoms with Crippen molar-refractivity contribution < 1.29 is 9.59 Å². The molecule has 0 saturated heterocycles. The molecule has 19 heavy (non-hydrogen) atoms. The highest BCUT2D eigenvalue weighted by atomic mass is 32.1. The van der Waals surface area contributed by atoms with Gasteiger partial charge in [-0.05, 0) is 13.3 Å². The van der Waals surface area contributed by atoms with Crippen LogP contribution in [0.5, 0.6) is 0 Å². The number of hydrogen-bond donors (Lipinski definition) is 3. The molecule has 1 heterocycles. The number of carbonyl (C=O) groups is 2. The minimum absolute atomic E-state index is 0.0668. The molecular weight excluding hydrogens is 266 g/mol. The maximum absolute atomic E-state index is 11.7. The Morgan fingerprint density at radius 3 is 2.68 bits per heavy atom. The zero-order valence-corrected chi connectivity index (χ0v) is 12.1. The fourth-order valence-electron chi connectivity index (χ4n) is 1.23. The number of anilines is 1. The van der Waals surface area contributed by atoms with Gasteiger partial charge in [-0.25, -0.2) is 0 Å². The normalized spacial score (nSPS) is 11.7. The molecule has 0 saturated carbocycles. The van der Waals surface area contributed by atoms with Crippen LogP contribution in [0.25, 0.3) is 0 Å². The summed E-state index contributed by atoms with van der Waals surface area (Å²) in [6, 6.07) is 0.157. The van der Waals surface area contributed by atoms with Gasteiger partial charge in [0.05, 0.1) is 0 Å².